The molecule has 0 aromatic carbocycles. The van der Waals surface area contributed by atoms with Gasteiger partial charge >= 0.3 is 0 Å². The minimum atomic E-state index is 0.272. The van der Waals surface area contributed by atoms with E-state index in [0.29, 0.717) is 6.04 Å². The Balaban J connectivity index is 1.62. The zero-order valence-electron chi connectivity index (χ0n) is 14.1. The second-order valence-electron chi connectivity index (χ2n) is 6.59. The van der Waals surface area contributed by atoms with Crippen molar-refractivity contribution >= 4 is 5.82 Å². The number of aromatic nitrogens is 2. The van der Waals surface area contributed by atoms with Crippen molar-refractivity contribution in [2.45, 2.75) is 45.1 Å². The van der Waals surface area contributed by atoms with Gasteiger partial charge in [-0.3, -0.25) is 4.90 Å². The van der Waals surface area contributed by atoms with Crippen LogP contribution in [0.25, 0.3) is 0 Å². The standard InChI is InChI=1S/C17H29N5O/c1-13-20-16-6-8-18-7-5-15(16)17(21-13)19-9-11-22-10-3-2-4-14(22)12-23/h14,18,23H,2-12H2,1H3,(H,19,20,21). The summed E-state index contributed by atoms with van der Waals surface area (Å²) in [4.78, 5) is 11.7. The van der Waals surface area contributed by atoms with Gasteiger partial charge < -0.3 is 15.7 Å². The Kier molecular flexibility index (Phi) is 5.80. The maximum absolute atomic E-state index is 9.51. The van der Waals surface area contributed by atoms with Gasteiger partial charge in [-0.25, -0.2) is 9.97 Å². The normalized spacial score (nSPS) is 22.4. The third kappa shape index (κ3) is 4.19. The maximum atomic E-state index is 9.51. The fourth-order valence-electron chi connectivity index (χ4n) is 3.69. The van der Waals surface area contributed by atoms with Gasteiger partial charge in [0.2, 0.25) is 0 Å². The lowest BCUT2D eigenvalue weighted by atomic mass is 10.0. The third-order valence-corrected chi connectivity index (χ3v) is 4.95. The molecule has 0 saturated carbocycles. The number of hydrogen-bond acceptors (Lipinski definition) is 6. The van der Waals surface area contributed by atoms with Crippen LogP contribution in [-0.4, -0.2) is 65.3 Å². The molecule has 1 unspecified atom stereocenters. The monoisotopic (exact) mass is 319 g/mol. The molecule has 23 heavy (non-hydrogen) atoms. The predicted molar refractivity (Wildman–Crippen MR) is 91.8 cm³/mol. The number of aliphatic hydroxyl groups is 1. The molecule has 1 saturated heterocycles. The molecule has 6 heteroatoms. The largest absolute Gasteiger partial charge is 0.395 e. The lowest BCUT2D eigenvalue weighted by Crippen LogP contribution is -2.44. The molecule has 3 rings (SSSR count). The van der Waals surface area contributed by atoms with Gasteiger partial charge in [0.25, 0.3) is 0 Å². The molecule has 0 spiro atoms. The van der Waals surface area contributed by atoms with E-state index >= 15 is 0 Å². The zero-order valence-corrected chi connectivity index (χ0v) is 14.1. The Hall–Kier alpha value is -1.24. The van der Waals surface area contributed by atoms with Crippen LogP contribution in [0.15, 0.2) is 0 Å². The fourth-order valence-corrected chi connectivity index (χ4v) is 3.69. The number of hydrogen-bond donors (Lipinski definition) is 3. The first kappa shape index (κ1) is 16.6. The Labute approximate surface area is 138 Å². The number of aliphatic hydroxyl groups excluding tert-OH is 1. The summed E-state index contributed by atoms with van der Waals surface area (Å²) < 4.78 is 0. The van der Waals surface area contributed by atoms with Crippen LogP contribution in [-0.2, 0) is 12.8 Å². The summed E-state index contributed by atoms with van der Waals surface area (Å²) >= 11 is 0. The Morgan fingerprint density at radius 3 is 3.00 bits per heavy atom. The first-order chi connectivity index (χ1) is 11.3. The van der Waals surface area contributed by atoms with E-state index in [1.807, 2.05) is 6.92 Å². The van der Waals surface area contributed by atoms with Crippen molar-refractivity contribution in [1.82, 2.24) is 20.2 Å². The van der Waals surface area contributed by atoms with Crippen LogP contribution in [0.1, 0.15) is 36.3 Å². The SMILES string of the molecule is Cc1nc2c(c(NCCN3CCCCC3CO)n1)CCNCC2. The lowest BCUT2D eigenvalue weighted by Gasteiger charge is -2.34. The second kappa shape index (κ2) is 8.04. The summed E-state index contributed by atoms with van der Waals surface area (Å²) in [5.41, 5.74) is 2.47. The summed E-state index contributed by atoms with van der Waals surface area (Å²) in [6.45, 7) is 7.15. The van der Waals surface area contributed by atoms with Gasteiger partial charge in [-0.2, -0.15) is 0 Å². The Bertz CT molecular complexity index is 522. The smallest absolute Gasteiger partial charge is 0.133 e. The van der Waals surface area contributed by atoms with Crippen molar-refractivity contribution in [3.05, 3.63) is 17.1 Å². The van der Waals surface area contributed by atoms with Gasteiger partial charge in [-0.1, -0.05) is 6.42 Å². The van der Waals surface area contributed by atoms with Crippen LogP contribution >= 0.6 is 0 Å². The summed E-state index contributed by atoms with van der Waals surface area (Å²) in [5, 5.41) is 16.5. The Morgan fingerprint density at radius 2 is 2.13 bits per heavy atom. The molecule has 0 radical (unpaired) electrons. The van der Waals surface area contributed by atoms with Gasteiger partial charge in [0.15, 0.2) is 0 Å². The quantitative estimate of drug-likeness (QED) is 0.743. The highest BCUT2D eigenvalue weighted by atomic mass is 16.3. The number of rotatable bonds is 5. The molecular formula is C17H29N5O. The van der Waals surface area contributed by atoms with Gasteiger partial charge in [0.05, 0.1) is 12.3 Å². The summed E-state index contributed by atoms with van der Waals surface area (Å²) in [6, 6.07) is 0.332. The zero-order chi connectivity index (χ0) is 16.1. The lowest BCUT2D eigenvalue weighted by molar-refractivity contribution is 0.0940. The van der Waals surface area contributed by atoms with E-state index in [2.05, 4.69) is 25.5 Å². The molecule has 128 valence electrons. The van der Waals surface area contributed by atoms with Gasteiger partial charge in [-0.15, -0.1) is 0 Å². The van der Waals surface area contributed by atoms with Crippen LogP contribution in [0.5, 0.6) is 0 Å². The molecular weight excluding hydrogens is 290 g/mol. The van der Waals surface area contributed by atoms with Crippen LogP contribution in [0.2, 0.25) is 0 Å². The van der Waals surface area contributed by atoms with Gasteiger partial charge in [0.1, 0.15) is 11.6 Å². The molecule has 3 heterocycles. The van der Waals surface area contributed by atoms with E-state index in [1.54, 1.807) is 0 Å². The molecule has 1 fully saturated rings. The second-order valence-corrected chi connectivity index (χ2v) is 6.59. The van der Waals surface area contributed by atoms with E-state index in [4.69, 9.17) is 0 Å². The molecule has 1 aromatic rings. The molecule has 1 aromatic heterocycles. The number of anilines is 1. The minimum Gasteiger partial charge on any atom is -0.395 e. The van der Waals surface area contributed by atoms with Crippen molar-refractivity contribution in [1.29, 1.82) is 0 Å². The van der Waals surface area contributed by atoms with E-state index in [0.717, 1.165) is 63.6 Å². The van der Waals surface area contributed by atoms with Gasteiger partial charge in [0, 0.05) is 37.7 Å². The molecule has 1 atom stereocenters. The number of aryl methyl sites for hydroxylation is 1. The van der Waals surface area contributed by atoms with Crippen LogP contribution < -0.4 is 10.6 Å². The highest BCUT2D eigenvalue weighted by Gasteiger charge is 2.21. The highest BCUT2D eigenvalue weighted by molar-refractivity contribution is 5.47. The van der Waals surface area contributed by atoms with Crippen LogP contribution in [0.4, 0.5) is 5.82 Å². The van der Waals surface area contributed by atoms with Gasteiger partial charge in [-0.05, 0) is 39.3 Å². The van der Waals surface area contributed by atoms with Crippen molar-refractivity contribution in [3.63, 3.8) is 0 Å². The average molecular weight is 319 g/mol. The summed E-state index contributed by atoms with van der Waals surface area (Å²) in [6.07, 6.45) is 5.56. The van der Waals surface area contributed by atoms with Crippen molar-refractivity contribution in [2.24, 2.45) is 0 Å². The van der Waals surface area contributed by atoms with E-state index in [1.165, 1.54) is 24.1 Å². The van der Waals surface area contributed by atoms with Crippen molar-refractivity contribution < 1.29 is 5.11 Å². The highest BCUT2D eigenvalue weighted by Crippen LogP contribution is 2.20. The van der Waals surface area contributed by atoms with Crippen LogP contribution in [0.3, 0.4) is 0 Å². The maximum Gasteiger partial charge on any atom is 0.133 e. The number of nitrogens with zero attached hydrogens (tertiary/aromatic N) is 3. The molecule has 0 aliphatic carbocycles. The van der Waals surface area contributed by atoms with Crippen molar-refractivity contribution in [3.8, 4) is 0 Å². The predicted octanol–water partition coefficient (Wildman–Crippen LogP) is 0.732. The minimum absolute atomic E-state index is 0.272. The fraction of sp³-hybridized carbons (Fsp3) is 0.765. The molecule has 2 aliphatic heterocycles. The summed E-state index contributed by atoms with van der Waals surface area (Å²) in [5.74, 6) is 1.85. The average Bonchev–Trinajstić information content (AvgIpc) is 2.80. The first-order valence-corrected chi connectivity index (χ1v) is 8.94. The van der Waals surface area contributed by atoms with Crippen molar-refractivity contribution in [2.75, 3.05) is 44.6 Å². The number of piperidine rings is 1. The topological polar surface area (TPSA) is 73.3 Å². The van der Waals surface area contributed by atoms with Crippen LogP contribution in [0, 0.1) is 6.92 Å². The number of fused-ring (bicyclic) bond motifs is 1. The molecule has 6 nitrogen and oxygen atoms in total. The van der Waals surface area contributed by atoms with E-state index < -0.39 is 0 Å². The Morgan fingerprint density at radius 1 is 1.26 bits per heavy atom. The molecule has 3 N–H and O–H groups in total. The van der Waals surface area contributed by atoms with E-state index in [9.17, 15) is 5.11 Å². The summed E-state index contributed by atoms with van der Waals surface area (Å²) in [7, 11) is 0. The van der Waals surface area contributed by atoms with E-state index in [-0.39, 0.29) is 6.61 Å². The number of nitrogens with one attached hydrogen (secondary N) is 2. The third-order valence-electron chi connectivity index (χ3n) is 4.95. The molecule has 0 bridgehead atoms. The first-order valence-electron chi connectivity index (χ1n) is 8.94. The number of likely N-dealkylation sites (tertiary alicyclic amines) is 1. The molecule has 0 amide bonds. The molecule has 2 aliphatic rings.